The number of carbonyl (C=O) groups is 2. The van der Waals surface area contributed by atoms with Crippen LogP contribution in [-0.2, 0) is 19.7 Å². The van der Waals surface area contributed by atoms with Gasteiger partial charge >= 0.3 is 0 Å². The maximum atomic E-state index is 13.3. The Balaban J connectivity index is 2.21. The van der Waals surface area contributed by atoms with Gasteiger partial charge in [-0.25, -0.2) is 0 Å². The number of amides is 1. The highest BCUT2D eigenvalue weighted by Crippen LogP contribution is 2.41. The monoisotopic (exact) mass is 465 g/mol. The van der Waals surface area contributed by atoms with Crippen LogP contribution in [0.15, 0.2) is 48.0 Å². The molecule has 1 N–H and O–H groups in total. The number of aliphatic hydroxyl groups excluding tert-OH is 1. The van der Waals surface area contributed by atoms with Crippen molar-refractivity contribution in [1.82, 2.24) is 4.90 Å². The van der Waals surface area contributed by atoms with E-state index in [-0.39, 0.29) is 36.0 Å². The van der Waals surface area contributed by atoms with Crippen molar-refractivity contribution in [3.05, 3.63) is 70.3 Å². The minimum Gasteiger partial charge on any atom is -0.507 e. The summed E-state index contributed by atoms with van der Waals surface area (Å²) >= 11 is 0. The van der Waals surface area contributed by atoms with E-state index in [0.717, 1.165) is 16.7 Å². The van der Waals surface area contributed by atoms with E-state index in [1.807, 2.05) is 57.2 Å². The summed E-state index contributed by atoms with van der Waals surface area (Å²) < 4.78 is 11.2. The van der Waals surface area contributed by atoms with Crippen molar-refractivity contribution in [1.29, 1.82) is 0 Å². The number of hydrogen-bond acceptors (Lipinski definition) is 5. The van der Waals surface area contributed by atoms with E-state index in [1.165, 1.54) is 12.0 Å². The summed E-state index contributed by atoms with van der Waals surface area (Å²) in [7, 11) is 1.52. The Bertz CT molecular complexity index is 1110. The third kappa shape index (κ3) is 5.17. The summed E-state index contributed by atoms with van der Waals surface area (Å²) in [6.07, 6.45) is -0.00126. The van der Waals surface area contributed by atoms with Gasteiger partial charge in [-0.1, -0.05) is 56.7 Å². The fourth-order valence-electron chi connectivity index (χ4n) is 4.19. The molecule has 182 valence electrons. The van der Waals surface area contributed by atoms with Crippen LogP contribution >= 0.6 is 0 Å². The lowest BCUT2D eigenvalue weighted by Crippen LogP contribution is -2.33. The number of ether oxygens (including phenoxy) is 2. The van der Waals surface area contributed by atoms with Gasteiger partial charge in [0.05, 0.1) is 37.0 Å². The zero-order valence-corrected chi connectivity index (χ0v) is 21.1. The highest BCUT2D eigenvalue weighted by Gasteiger charge is 2.46. The standard InChI is InChI=1S/C28H35NO5/c1-17(2)34-14-13-29-24(19-10-8-9-18(3)15-19)23(26(31)27(29)32)25(30)21-16-20(28(4,5)6)11-12-22(21)33-7/h8-12,15-17,24,30H,13-14H2,1-7H3/b25-23+. The molecule has 1 unspecified atom stereocenters. The minimum absolute atomic E-state index is 0.00126. The molecule has 1 fully saturated rings. The molecule has 1 aliphatic rings. The van der Waals surface area contributed by atoms with E-state index in [9.17, 15) is 14.7 Å². The molecule has 3 rings (SSSR count). The van der Waals surface area contributed by atoms with Crippen LogP contribution in [-0.4, -0.2) is 48.1 Å². The summed E-state index contributed by atoms with van der Waals surface area (Å²) in [6.45, 7) is 12.5. The number of rotatable bonds is 7. The number of methoxy groups -OCH3 is 1. The molecular weight excluding hydrogens is 430 g/mol. The molecule has 2 aromatic carbocycles. The van der Waals surface area contributed by atoms with Gasteiger partial charge in [0.1, 0.15) is 11.5 Å². The summed E-state index contributed by atoms with van der Waals surface area (Å²) in [6, 6.07) is 12.5. The lowest BCUT2D eigenvalue weighted by molar-refractivity contribution is -0.140. The van der Waals surface area contributed by atoms with Crippen LogP contribution in [0.25, 0.3) is 5.76 Å². The predicted molar refractivity (Wildman–Crippen MR) is 133 cm³/mol. The highest BCUT2D eigenvalue weighted by molar-refractivity contribution is 6.46. The molecule has 0 aliphatic carbocycles. The first-order valence-electron chi connectivity index (χ1n) is 11.6. The zero-order chi connectivity index (χ0) is 25.2. The second-order valence-electron chi connectivity index (χ2n) is 9.99. The molecule has 1 heterocycles. The quantitative estimate of drug-likeness (QED) is 0.348. The van der Waals surface area contributed by atoms with Crippen LogP contribution in [0.3, 0.4) is 0 Å². The van der Waals surface area contributed by atoms with Crippen molar-refractivity contribution < 1.29 is 24.2 Å². The summed E-state index contributed by atoms with van der Waals surface area (Å²) in [5.41, 5.74) is 3.00. The van der Waals surface area contributed by atoms with Gasteiger partial charge in [-0.2, -0.15) is 0 Å². The number of hydrogen-bond donors (Lipinski definition) is 1. The van der Waals surface area contributed by atoms with E-state index in [1.54, 1.807) is 6.07 Å². The summed E-state index contributed by atoms with van der Waals surface area (Å²) in [5.74, 6) is -1.16. The van der Waals surface area contributed by atoms with Gasteiger partial charge in [0.15, 0.2) is 0 Å². The van der Waals surface area contributed by atoms with Crippen molar-refractivity contribution in [2.45, 2.75) is 59.1 Å². The Morgan fingerprint density at radius 3 is 2.41 bits per heavy atom. The molecule has 6 heteroatoms. The van der Waals surface area contributed by atoms with E-state index in [0.29, 0.717) is 11.3 Å². The molecule has 0 aromatic heterocycles. The fraction of sp³-hybridized carbons (Fsp3) is 0.429. The first kappa shape index (κ1) is 25.5. The van der Waals surface area contributed by atoms with Gasteiger partial charge in [0, 0.05) is 6.54 Å². The molecular formula is C28H35NO5. The van der Waals surface area contributed by atoms with Crippen LogP contribution < -0.4 is 4.74 Å². The molecule has 0 radical (unpaired) electrons. The third-order valence-corrected chi connectivity index (χ3v) is 6.00. The number of carbonyl (C=O) groups excluding carboxylic acids is 2. The molecule has 1 atom stereocenters. The summed E-state index contributed by atoms with van der Waals surface area (Å²) in [4.78, 5) is 27.9. The zero-order valence-electron chi connectivity index (χ0n) is 21.1. The van der Waals surface area contributed by atoms with Crippen LogP contribution in [0.5, 0.6) is 5.75 Å². The molecule has 0 saturated carbocycles. The number of ketones is 1. The van der Waals surface area contributed by atoms with Crippen molar-refractivity contribution in [2.75, 3.05) is 20.3 Å². The van der Waals surface area contributed by atoms with Gasteiger partial charge in [0.2, 0.25) is 0 Å². The maximum Gasteiger partial charge on any atom is 0.295 e. The van der Waals surface area contributed by atoms with Gasteiger partial charge < -0.3 is 19.5 Å². The normalized spacial score (nSPS) is 18.1. The van der Waals surface area contributed by atoms with Gasteiger partial charge in [-0.05, 0) is 49.4 Å². The number of benzene rings is 2. The average Bonchev–Trinajstić information content (AvgIpc) is 3.02. The van der Waals surface area contributed by atoms with Crippen molar-refractivity contribution in [3.8, 4) is 5.75 Å². The largest absolute Gasteiger partial charge is 0.507 e. The van der Waals surface area contributed by atoms with Crippen molar-refractivity contribution >= 4 is 17.4 Å². The number of nitrogens with zero attached hydrogens (tertiary/aromatic N) is 1. The van der Waals surface area contributed by atoms with Crippen LogP contribution in [0, 0.1) is 6.92 Å². The first-order valence-corrected chi connectivity index (χ1v) is 11.6. The average molecular weight is 466 g/mol. The van der Waals surface area contributed by atoms with Crippen LogP contribution in [0.1, 0.15) is 62.9 Å². The Morgan fingerprint density at radius 1 is 1.12 bits per heavy atom. The molecule has 2 aromatic rings. The van der Waals surface area contributed by atoms with E-state index in [2.05, 4.69) is 20.8 Å². The Labute approximate surface area is 202 Å². The van der Waals surface area contributed by atoms with Crippen molar-refractivity contribution in [3.63, 3.8) is 0 Å². The molecule has 1 amide bonds. The molecule has 1 aliphatic heterocycles. The first-order chi connectivity index (χ1) is 16.0. The lowest BCUT2D eigenvalue weighted by Gasteiger charge is -2.26. The minimum atomic E-state index is -0.723. The lowest BCUT2D eigenvalue weighted by atomic mass is 9.85. The second kappa shape index (κ2) is 10.0. The number of aliphatic hydroxyl groups is 1. The number of aryl methyl sites for hydroxylation is 1. The van der Waals surface area contributed by atoms with E-state index < -0.39 is 17.7 Å². The van der Waals surface area contributed by atoms with Gasteiger partial charge in [-0.15, -0.1) is 0 Å². The Morgan fingerprint density at radius 2 is 1.82 bits per heavy atom. The molecule has 0 spiro atoms. The van der Waals surface area contributed by atoms with Gasteiger partial charge in [-0.3, -0.25) is 9.59 Å². The molecule has 34 heavy (non-hydrogen) atoms. The van der Waals surface area contributed by atoms with Gasteiger partial charge in [0.25, 0.3) is 11.7 Å². The van der Waals surface area contributed by atoms with Crippen LogP contribution in [0.2, 0.25) is 0 Å². The molecule has 0 bridgehead atoms. The van der Waals surface area contributed by atoms with Crippen molar-refractivity contribution in [2.24, 2.45) is 0 Å². The summed E-state index contributed by atoms with van der Waals surface area (Å²) in [5, 5.41) is 11.5. The molecule has 6 nitrogen and oxygen atoms in total. The predicted octanol–water partition coefficient (Wildman–Crippen LogP) is 5.15. The van der Waals surface area contributed by atoms with Crippen LogP contribution in [0.4, 0.5) is 0 Å². The Kier molecular flexibility index (Phi) is 7.51. The van der Waals surface area contributed by atoms with E-state index in [4.69, 9.17) is 9.47 Å². The number of likely N-dealkylation sites (tertiary alicyclic amines) is 1. The molecule has 1 saturated heterocycles. The fourth-order valence-corrected chi connectivity index (χ4v) is 4.19. The number of Topliss-reactive ketones (excluding diaryl/α,β-unsaturated/α-hetero) is 1. The van der Waals surface area contributed by atoms with E-state index >= 15 is 0 Å². The SMILES string of the molecule is COc1ccc(C(C)(C)C)cc1/C(O)=C1\C(=O)C(=O)N(CCOC(C)C)C1c1cccc(C)c1. The maximum absolute atomic E-state index is 13.3. The smallest absolute Gasteiger partial charge is 0.295 e. The Hall–Kier alpha value is -3.12. The topological polar surface area (TPSA) is 76.1 Å². The third-order valence-electron chi connectivity index (χ3n) is 6.00. The highest BCUT2D eigenvalue weighted by atomic mass is 16.5. The second-order valence-corrected chi connectivity index (χ2v) is 9.99.